The van der Waals surface area contributed by atoms with Crippen LogP contribution in [0.2, 0.25) is 15.1 Å². The van der Waals surface area contributed by atoms with Crippen LogP contribution in [-0.4, -0.2) is 29.9 Å². The van der Waals surface area contributed by atoms with Gasteiger partial charge < -0.3 is 4.74 Å². The molecule has 5 nitrogen and oxygen atoms in total. The van der Waals surface area contributed by atoms with Crippen molar-refractivity contribution in [2.24, 2.45) is 10.8 Å². The molecular formula is C16H18Cl3N3O2. The second-order valence-electron chi connectivity index (χ2n) is 5.27. The predicted molar refractivity (Wildman–Crippen MR) is 98.1 cm³/mol. The van der Waals surface area contributed by atoms with E-state index in [-0.39, 0.29) is 18.4 Å². The van der Waals surface area contributed by atoms with Crippen molar-refractivity contribution in [1.82, 2.24) is 5.01 Å². The van der Waals surface area contributed by atoms with Crippen LogP contribution in [0.25, 0.3) is 0 Å². The van der Waals surface area contributed by atoms with E-state index < -0.39 is 0 Å². The van der Waals surface area contributed by atoms with Crippen LogP contribution in [0.5, 0.6) is 5.75 Å². The van der Waals surface area contributed by atoms with Gasteiger partial charge in [0.05, 0.1) is 15.1 Å². The summed E-state index contributed by atoms with van der Waals surface area (Å²) in [5, 5.41) is 2.16. The van der Waals surface area contributed by atoms with Crippen molar-refractivity contribution in [1.29, 1.82) is 0 Å². The summed E-state index contributed by atoms with van der Waals surface area (Å²) in [6.07, 6.45) is 2.36. The van der Waals surface area contributed by atoms with Crippen LogP contribution in [0, 0.1) is 0 Å². The average molecular weight is 391 g/mol. The number of amidine groups is 1. The fraction of sp³-hybridized carbons (Fsp3) is 0.375. The first kappa shape index (κ1) is 19.1. The number of ether oxygens (including phenoxy) is 1. The van der Waals surface area contributed by atoms with E-state index in [1.807, 2.05) is 0 Å². The van der Waals surface area contributed by atoms with Gasteiger partial charge in [0.25, 0.3) is 0 Å². The van der Waals surface area contributed by atoms with Gasteiger partial charge in [0.1, 0.15) is 18.2 Å². The minimum absolute atomic E-state index is 0.126. The first-order valence-corrected chi connectivity index (χ1v) is 8.56. The number of amides is 1. The molecule has 1 amide bonds. The number of halogens is 3. The normalized spacial score (nSPS) is 16.7. The van der Waals surface area contributed by atoms with Gasteiger partial charge >= 0.3 is 0 Å². The molecule has 2 rings (SSSR count). The van der Waals surface area contributed by atoms with E-state index >= 15 is 0 Å². The van der Waals surface area contributed by atoms with Gasteiger partial charge in [-0.25, -0.2) is 10.9 Å². The van der Waals surface area contributed by atoms with E-state index in [4.69, 9.17) is 45.4 Å². The topological polar surface area (TPSA) is 67.9 Å². The molecule has 1 unspecified atom stereocenters. The van der Waals surface area contributed by atoms with Crippen molar-refractivity contribution in [3.05, 3.63) is 39.4 Å². The zero-order chi connectivity index (χ0) is 17.9. The Hall–Kier alpha value is -1.27. The van der Waals surface area contributed by atoms with Crippen LogP contribution in [0.15, 0.2) is 23.7 Å². The lowest BCUT2D eigenvalue weighted by Crippen LogP contribution is -2.41. The number of carbonyl (C=O) groups excluding carboxylic acids is 1. The van der Waals surface area contributed by atoms with Crippen molar-refractivity contribution in [2.45, 2.75) is 25.7 Å². The van der Waals surface area contributed by atoms with E-state index in [0.717, 1.165) is 5.01 Å². The lowest BCUT2D eigenvalue weighted by atomic mass is 9.96. The predicted octanol–water partition coefficient (Wildman–Crippen LogP) is 4.21. The monoisotopic (exact) mass is 389 g/mol. The second kappa shape index (κ2) is 8.21. The van der Waals surface area contributed by atoms with Gasteiger partial charge in [-0.15, -0.1) is 0 Å². The average Bonchev–Trinajstić information content (AvgIpc) is 3.04. The summed E-state index contributed by atoms with van der Waals surface area (Å²) in [5.41, 5.74) is 0.673. The van der Waals surface area contributed by atoms with Crippen molar-refractivity contribution in [3.63, 3.8) is 0 Å². The molecule has 0 saturated carbocycles. The molecule has 0 radical (unpaired) electrons. The zero-order valence-electron chi connectivity index (χ0n) is 13.2. The smallest absolute Gasteiger partial charge is 0.241 e. The third-order valence-corrected chi connectivity index (χ3v) is 4.77. The lowest BCUT2D eigenvalue weighted by molar-refractivity contribution is -0.127. The SMILES string of the molecule is C=CCOc1c(Cl)cc(Cl)c(Cl)c1C1CN=C(N(N)C(=O)CC)C1. The maximum Gasteiger partial charge on any atom is 0.241 e. The molecule has 2 N–H and O–H groups in total. The maximum atomic E-state index is 11.7. The van der Waals surface area contributed by atoms with E-state index in [2.05, 4.69) is 11.6 Å². The number of nitrogens with two attached hydrogens (primary N) is 1. The van der Waals surface area contributed by atoms with Crippen LogP contribution >= 0.6 is 34.8 Å². The van der Waals surface area contributed by atoms with Crippen LogP contribution in [0.3, 0.4) is 0 Å². The van der Waals surface area contributed by atoms with Crippen molar-refractivity contribution < 1.29 is 9.53 Å². The largest absolute Gasteiger partial charge is 0.488 e. The highest BCUT2D eigenvalue weighted by Crippen LogP contribution is 2.45. The van der Waals surface area contributed by atoms with Gasteiger partial charge in [0, 0.05) is 30.9 Å². The maximum absolute atomic E-state index is 11.7. The number of benzene rings is 1. The second-order valence-corrected chi connectivity index (χ2v) is 6.46. The van der Waals surface area contributed by atoms with E-state index in [1.165, 1.54) is 0 Å². The Labute approximate surface area is 156 Å². The van der Waals surface area contributed by atoms with E-state index in [1.54, 1.807) is 19.1 Å². The van der Waals surface area contributed by atoms with Crippen molar-refractivity contribution in [2.75, 3.05) is 13.2 Å². The number of aliphatic imine (C=N–C) groups is 1. The molecule has 0 aromatic heterocycles. The summed E-state index contributed by atoms with van der Waals surface area (Å²) in [5.74, 6) is 6.45. The number of nitrogens with zero attached hydrogens (tertiary/aromatic N) is 2. The summed E-state index contributed by atoms with van der Waals surface area (Å²) >= 11 is 18.8. The number of carbonyl (C=O) groups is 1. The molecule has 0 saturated heterocycles. The zero-order valence-corrected chi connectivity index (χ0v) is 15.5. The highest BCUT2D eigenvalue weighted by molar-refractivity contribution is 6.44. The molecule has 1 atom stereocenters. The Morgan fingerprint density at radius 2 is 2.21 bits per heavy atom. The first-order chi connectivity index (χ1) is 11.4. The summed E-state index contributed by atoms with van der Waals surface area (Å²) in [6.45, 7) is 6.06. The summed E-state index contributed by atoms with van der Waals surface area (Å²) in [6, 6.07) is 1.54. The van der Waals surface area contributed by atoms with Gasteiger partial charge in [-0.3, -0.25) is 9.79 Å². The fourth-order valence-corrected chi connectivity index (χ4v) is 3.32. The first-order valence-electron chi connectivity index (χ1n) is 7.42. The highest BCUT2D eigenvalue weighted by Gasteiger charge is 2.31. The standard InChI is InChI=1S/C16H18Cl3N3O2/c1-3-5-24-16-11(18)7-10(17)15(19)14(16)9-6-12(21-8-9)22(20)13(23)4-2/h3,7,9H,1,4-6,8,20H2,2H3. The molecular weight excluding hydrogens is 373 g/mol. The van der Waals surface area contributed by atoms with Crippen LogP contribution in [-0.2, 0) is 4.79 Å². The molecule has 1 heterocycles. The number of hydrogen-bond donors (Lipinski definition) is 1. The van der Waals surface area contributed by atoms with Crippen molar-refractivity contribution in [3.8, 4) is 5.75 Å². The molecule has 130 valence electrons. The Kier molecular flexibility index (Phi) is 6.52. The minimum atomic E-state index is -0.201. The molecule has 1 aromatic rings. The molecule has 0 fully saturated rings. The van der Waals surface area contributed by atoms with Crippen LogP contribution < -0.4 is 10.6 Å². The highest BCUT2D eigenvalue weighted by atomic mass is 35.5. The molecule has 1 aromatic carbocycles. The summed E-state index contributed by atoms with van der Waals surface area (Å²) < 4.78 is 5.67. The summed E-state index contributed by atoms with van der Waals surface area (Å²) in [4.78, 5) is 16.1. The van der Waals surface area contributed by atoms with Gasteiger partial charge in [0.15, 0.2) is 0 Å². The Balaban J connectivity index is 2.33. The third kappa shape index (κ3) is 3.86. The molecule has 0 aliphatic carbocycles. The molecule has 0 spiro atoms. The van der Waals surface area contributed by atoms with Gasteiger partial charge in [-0.2, -0.15) is 0 Å². The molecule has 8 heteroatoms. The van der Waals surface area contributed by atoms with Gasteiger partial charge in [-0.1, -0.05) is 54.4 Å². The molecule has 1 aliphatic rings. The minimum Gasteiger partial charge on any atom is -0.488 e. The molecule has 24 heavy (non-hydrogen) atoms. The lowest BCUT2D eigenvalue weighted by Gasteiger charge is -2.20. The van der Waals surface area contributed by atoms with Crippen LogP contribution in [0.4, 0.5) is 0 Å². The quantitative estimate of drug-likeness (QED) is 0.269. The Morgan fingerprint density at radius 3 is 2.83 bits per heavy atom. The molecule has 1 aliphatic heterocycles. The number of hydrazine groups is 1. The van der Waals surface area contributed by atoms with E-state index in [0.29, 0.717) is 51.6 Å². The third-order valence-electron chi connectivity index (χ3n) is 3.69. The summed E-state index contributed by atoms with van der Waals surface area (Å²) in [7, 11) is 0. The van der Waals surface area contributed by atoms with Gasteiger partial charge in [0.2, 0.25) is 5.91 Å². The van der Waals surface area contributed by atoms with Gasteiger partial charge in [-0.05, 0) is 6.07 Å². The van der Waals surface area contributed by atoms with Crippen LogP contribution in [0.1, 0.15) is 31.2 Å². The fourth-order valence-electron chi connectivity index (χ4n) is 2.50. The van der Waals surface area contributed by atoms with Crippen molar-refractivity contribution >= 4 is 46.5 Å². The molecule has 0 bridgehead atoms. The van der Waals surface area contributed by atoms with E-state index in [9.17, 15) is 4.79 Å². The number of rotatable bonds is 5. The number of hydrogen-bond acceptors (Lipinski definition) is 4. The Bertz CT molecular complexity index is 692. The Morgan fingerprint density at radius 1 is 1.50 bits per heavy atom.